The highest BCUT2D eigenvalue weighted by atomic mass is 35.5. The first-order chi connectivity index (χ1) is 15.9. The van der Waals surface area contributed by atoms with E-state index < -0.39 is 27.9 Å². The molecule has 2 aromatic rings. The van der Waals surface area contributed by atoms with E-state index >= 15 is 0 Å². The Hall–Kier alpha value is -1.31. The van der Waals surface area contributed by atoms with Gasteiger partial charge in [-0.15, -0.1) is 12.4 Å². The van der Waals surface area contributed by atoms with E-state index in [9.17, 15) is 13.5 Å². The number of nitrogens with one attached hydrogen (secondary N) is 1. The van der Waals surface area contributed by atoms with E-state index in [1.165, 1.54) is 5.56 Å². The van der Waals surface area contributed by atoms with Crippen molar-refractivity contribution in [1.82, 2.24) is 5.32 Å². The number of aliphatic hydroxyl groups excluding tert-OH is 1. The average molecular weight is 544 g/mol. The molecule has 0 spiro atoms. The number of nitrogens with two attached hydrogens (primary N) is 1. The van der Waals surface area contributed by atoms with Crippen LogP contribution in [0.1, 0.15) is 62.8 Å². The summed E-state index contributed by atoms with van der Waals surface area (Å²) in [6, 6.07) is 11.6. The minimum atomic E-state index is -3.29. The highest BCUT2D eigenvalue weighted by Gasteiger charge is 2.39. The second kappa shape index (κ2) is 12.3. The SMILES string of the molecule is CCCCc1cc(C[C@@H]2CS(=O)(=O)C[C@H](NCc3cccc(C(C)(C)C)c3)[C@H]2O)cc(Cl)c1N.Cl. The van der Waals surface area contributed by atoms with E-state index in [2.05, 4.69) is 45.1 Å². The number of rotatable bonds is 8. The third-order valence-electron chi connectivity index (χ3n) is 6.73. The zero-order valence-corrected chi connectivity index (χ0v) is 23.6. The van der Waals surface area contributed by atoms with Gasteiger partial charge in [-0.2, -0.15) is 0 Å². The maximum atomic E-state index is 12.7. The number of benzene rings is 2. The molecule has 0 amide bonds. The minimum absolute atomic E-state index is 0. The molecule has 0 aliphatic carbocycles. The average Bonchev–Trinajstić information content (AvgIpc) is 2.75. The lowest BCUT2D eigenvalue weighted by Gasteiger charge is -2.35. The van der Waals surface area contributed by atoms with Crippen LogP contribution in [0.2, 0.25) is 5.02 Å². The Bertz CT molecular complexity index is 1100. The predicted octanol–water partition coefficient (Wildman–Crippen LogP) is 5.09. The third kappa shape index (κ3) is 8.09. The van der Waals surface area contributed by atoms with Gasteiger partial charge in [0.2, 0.25) is 0 Å². The molecule has 196 valence electrons. The van der Waals surface area contributed by atoms with Gasteiger partial charge in [0.25, 0.3) is 0 Å². The summed E-state index contributed by atoms with van der Waals surface area (Å²) < 4.78 is 25.5. The largest absolute Gasteiger partial charge is 0.397 e. The van der Waals surface area contributed by atoms with Crippen molar-refractivity contribution in [2.24, 2.45) is 5.92 Å². The second-order valence-electron chi connectivity index (χ2n) is 10.7. The van der Waals surface area contributed by atoms with Crippen LogP contribution >= 0.6 is 24.0 Å². The van der Waals surface area contributed by atoms with E-state index in [1.54, 1.807) is 6.07 Å². The number of hydrogen-bond acceptors (Lipinski definition) is 5. The molecule has 35 heavy (non-hydrogen) atoms. The first-order valence-corrected chi connectivity index (χ1v) is 14.4. The molecule has 4 N–H and O–H groups in total. The van der Waals surface area contributed by atoms with Crippen LogP contribution in [0.4, 0.5) is 5.69 Å². The van der Waals surface area contributed by atoms with Gasteiger partial charge in [0.15, 0.2) is 9.84 Å². The topological polar surface area (TPSA) is 92.4 Å². The number of nitrogen functional groups attached to an aromatic ring is 1. The third-order valence-corrected chi connectivity index (χ3v) is 8.85. The van der Waals surface area contributed by atoms with E-state index in [4.69, 9.17) is 17.3 Å². The minimum Gasteiger partial charge on any atom is -0.397 e. The molecule has 1 aliphatic heterocycles. The van der Waals surface area contributed by atoms with Crippen molar-refractivity contribution in [2.45, 2.75) is 77.5 Å². The van der Waals surface area contributed by atoms with Crippen LogP contribution in [0.3, 0.4) is 0 Å². The number of halogens is 2. The molecule has 1 fully saturated rings. The Morgan fingerprint density at radius 1 is 1.14 bits per heavy atom. The lowest BCUT2D eigenvalue weighted by atomic mass is 9.86. The number of hydrogen-bond donors (Lipinski definition) is 3. The van der Waals surface area contributed by atoms with Crippen LogP contribution in [0, 0.1) is 5.92 Å². The van der Waals surface area contributed by atoms with Crippen molar-refractivity contribution in [3.8, 4) is 0 Å². The Morgan fingerprint density at radius 3 is 2.51 bits per heavy atom. The lowest BCUT2D eigenvalue weighted by Crippen LogP contribution is -2.54. The zero-order chi connectivity index (χ0) is 25.1. The Labute approximate surface area is 222 Å². The summed E-state index contributed by atoms with van der Waals surface area (Å²) in [6.07, 6.45) is 2.56. The number of aryl methyl sites for hydroxylation is 1. The predicted molar refractivity (Wildman–Crippen MR) is 149 cm³/mol. The van der Waals surface area contributed by atoms with Crippen LogP contribution in [0.25, 0.3) is 0 Å². The quantitative estimate of drug-likeness (QED) is 0.404. The number of unbranched alkanes of at least 4 members (excludes halogenated alkanes) is 1. The van der Waals surface area contributed by atoms with E-state index in [1.807, 2.05) is 18.2 Å². The van der Waals surface area contributed by atoms with Gasteiger partial charge < -0.3 is 16.2 Å². The summed E-state index contributed by atoms with van der Waals surface area (Å²) in [6.45, 7) is 9.12. The van der Waals surface area contributed by atoms with Crippen LogP contribution in [0.5, 0.6) is 0 Å². The van der Waals surface area contributed by atoms with Crippen molar-refractivity contribution in [3.63, 3.8) is 0 Å². The molecule has 1 aliphatic rings. The Kier molecular flexibility index (Phi) is 10.5. The van der Waals surface area contributed by atoms with Crippen LogP contribution in [0.15, 0.2) is 36.4 Å². The molecule has 1 heterocycles. The zero-order valence-electron chi connectivity index (χ0n) is 21.2. The van der Waals surface area contributed by atoms with Gasteiger partial charge in [0, 0.05) is 18.5 Å². The molecule has 3 rings (SSSR count). The highest BCUT2D eigenvalue weighted by molar-refractivity contribution is 7.91. The molecule has 3 atom stereocenters. The number of aliphatic hydroxyl groups is 1. The fourth-order valence-electron chi connectivity index (χ4n) is 4.68. The molecule has 0 radical (unpaired) electrons. The fraction of sp³-hybridized carbons (Fsp3) is 0.556. The monoisotopic (exact) mass is 542 g/mol. The molecule has 1 saturated heterocycles. The summed E-state index contributed by atoms with van der Waals surface area (Å²) in [4.78, 5) is 0. The Morgan fingerprint density at radius 2 is 1.86 bits per heavy atom. The summed E-state index contributed by atoms with van der Waals surface area (Å²) >= 11 is 6.38. The summed E-state index contributed by atoms with van der Waals surface area (Å²) in [5, 5.41) is 14.9. The highest BCUT2D eigenvalue weighted by Crippen LogP contribution is 2.30. The van der Waals surface area contributed by atoms with Crippen molar-refractivity contribution in [1.29, 1.82) is 0 Å². The van der Waals surface area contributed by atoms with Gasteiger partial charge in [-0.3, -0.25) is 0 Å². The van der Waals surface area contributed by atoms with Gasteiger partial charge in [0.1, 0.15) is 0 Å². The van der Waals surface area contributed by atoms with Gasteiger partial charge in [0.05, 0.1) is 28.3 Å². The smallest absolute Gasteiger partial charge is 0.152 e. The molecule has 0 unspecified atom stereocenters. The summed E-state index contributed by atoms with van der Waals surface area (Å²) in [5.74, 6) is -0.498. The molecule has 0 bridgehead atoms. The van der Waals surface area contributed by atoms with E-state index in [0.717, 1.165) is 36.0 Å². The van der Waals surface area contributed by atoms with Crippen molar-refractivity contribution < 1.29 is 13.5 Å². The molecular weight excluding hydrogens is 503 g/mol. The van der Waals surface area contributed by atoms with E-state index in [-0.39, 0.29) is 29.3 Å². The summed E-state index contributed by atoms with van der Waals surface area (Å²) in [7, 11) is -3.29. The standard InChI is InChI=1S/C27H39ClN2O3S.ClH/c1-5-6-9-20-11-19(14-23(28)25(20)29)12-21-16-34(32,33)17-24(26(21)31)30-15-18-8-7-10-22(13-18)27(2,3)4;/h7-8,10-11,13-14,21,24,26,30-31H,5-6,9,12,15-17,29H2,1-4H3;1H/t21-,24+,26+;/m1./s1. The lowest BCUT2D eigenvalue weighted by molar-refractivity contribution is 0.0781. The fourth-order valence-corrected chi connectivity index (χ4v) is 6.91. The normalized spacial score (nSPS) is 21.9. The van der Waals surface area contributed by atoms with Gasteiger partial charge >= 0.3 is 0 Å². The van der Waals surface area contributed by atoms with Crippen LogP contribution in [-0.2, 0) is 34.6 Å². The van der Waals surface area contributed by atoms with E-state index in [0.29, 0.717) is 23.7 Å². The molecule has 5 nitrogen and oxygen atoms in total. The van der Waals surface area contributed by atoms with Crippen LogP contribution in [-0.4, -0.2) is 37.2 Å². The first-order valence-electron chi connectivity index (χ1n) is 12.2. The maximum Gasteiger partial charge on any atom is 0.152 e. The molecular formula is C27H40Cl2N2O3S. The van der Waals surface area contributed by atoms with Crippen molar-refractivity contribution in [2.75, 3.05) is 17.2 Å². The second-order valence-corrected chi connectivity index (χ2v) is 13.3. The molecule has 0 aromatic heterocycles. The molecule has 2 aromatic carbocycles. The Balaban J connectivity index is 0.00000432. The van der Waals surface area contributed by atoms with Crippen LogP contribution < -0.4 is 11.1 Å². The molecule has 0 saturated carbocycles. The van der Waals surface area contributed by atoms with Gasteiger partial charge in [-0.1, -0.05) is 76.0 Å². The van der Waals surface area contributed by atoms with Gasteiger partial charge in [-0.25, -0.2) is 8.42 Å². The summed E-state index contributed by atoms with van der Waals surface area (Å²) in [5.41, 5.74) is 11.0. The van der Waals surface area contributed by atoms with Crippen molar-refractivity contribution in [3.05, 3.63) is 63.7 Å². The van der Waals surface area contributed by atoms with Crippen molar-refractivity contribution >= 4 is 39.5 Å². The maximum absolute atomic E-state index is 12.7. The first kappa shape index (κ1) is 29.9. The van der Waals surface area contributed by atoms with Gasteiger partial charge in [-0.05, 0) is 53.0 Å². The number of sulfone groups is 1. The molecule has 8 heteroatoms. The number of anilines is 1.